The molecule has 1 aromatic carbocycles. The molecule has 0 atom stereocenters. The van der Waals surface area contributed by atoms with Crippen LogP contribution in [0.15, 0.2) is 36.5 Å². The van der Waals surface area contributed by atoms with Gasteiger partial charge in [0.2, 0.25) is 0 Å². The van der Waals surface area contributed by atoms with Gasteiger partial charge in [0.25, 0.3) is 0 Å². The van der Waals surface area contributed by atoms with E-state index in [4.69, 9.17) is 17.5 Å². The summed E-state index contributed by atoms with van der Waals surface area (Å²) in [5.74, 6) is 0. The molecule has 2 heterocycles. The number of aromatic nitrogens is 3. The molecule has 0 amide bonds. The van der Waals surface area contributed by atoms with Gasteiger partial charge >= 0.3 is 0 Å². The second kappa shape index (κ2) is 4.91. The number of hydrogen-bond acceptors (Lipinski definition) is 3. The van der Waals surface area contributed by atoms with Gasteiger partial charge in [-0.2, -0.15) is 5.26 Å². The van der Waals surface area contributed by atoms with Crippen molar-refractivity contribution >= 4 is 23.3 Å². The summed E-state index contributed by atoms with van der Waals surface area (Å²) in [6.07, 6.45) is 1.85. The summed E-state index contributed by atoms with van der Waals surface area (Å²) in [7, 11) is 0. The van der Waals surface area contributed by atoms with Crippen LogP contribution in [0.25, 0.3) is 11.0 Å². The highest BCUT2D eigenvalue weighted by atomic mass is 32.1. The maximum absolute atomic E-state index is 9.13. The Morgan fingerprint density at radius 1 is 1.35 bits per heavy atom. The molecule has 0 saturated heterocycles. The van der Waals surface area contributed by atoms with Gasteiger partial charge in [0.1, 0.15) is 6.07 Å². The van der Waals surface area contributed by atoms with Crippen LogP contribution in [0.4, 0.5) is 0 Å². The molecule has 1 N–H and O–H groups in total. The molecule has 0 aliphatic rings. The molecule has 4 nitrogen and oxygen atoms in total. The highest BCUT2D eigenvalue weighted by molar-refractivity contribution is 7.71. The lowest BCUT2D eigenvalue weighted by Crippen LogP contribution is -2.00. The van der Waals surface area contributed by atoms with Crippen molar-refractivity contribution in [2.24, 2.45) is 0 Å². The number of nitrogens with zero attached hydrogens (tertiary/aromatic N) is 3. The van der Waals surface area contributed by atoms with Crippen molar-refractivity contribution in [3.63, 3.8) is 0 Å². The number of H-pyrrole nitrogens is 1. The fourth-order valence-electron chi connectivity index (χ4n) is 2.20. The number of fused-ring (bicyclic) bond motifs is 1. The number of para-hydroxylation sites is 1. The minimum atomic E-state index is 0.606. The fourth-order valence-corrected chi connectivity index (χ4v) is 2.47. The Kier molecular flexibility index (Phi) is 3.09. The zero-order valence-electron chi connectivity index (χ0n) is 10.9. The Hall–Kier alpha value is -2.45. The van der Waals surface area contributed by atoms with Gasteiger partial charge < -0.3 is 9.55 Å². The van der Waals surface area contributed by atoms with E-state index in [9.17, 15) is 0 Å². The lowest BCUT2D eigenvalue weighted by molar-refractivity contribution is 0.805. The zero-order valence-corrected chi connectivity index (χ0v) is 11.7. The molecule has 0 aliphatic heterocycles. The molecule has 0 aliphatic carbocycles. The first-order valence-electron chi connectivity index (χ1n) is 6.22. The zero-order chi connectivity index (χ0) is 14.1. The first kappa shape index (κ1) is 12.6. The maximum Gasteiger partial charge on any atom is 0.178 e. The van der Waals surface area contributed by atoms with Crippen LogP contribution >= 0.6 is 12.2 Å². The topological polar surface area (TPSA) is 57.4 Å². The number of pyridine rings is 1. The van der Waals surface area contributed by atoms with Crippen LogP contribution < -0.4 is 0 Å². The van der Waals surface area contributed by atoms with Crippen LogP contribution in [0.2, 0.25) is 0 Å². The third kappa shape index (κ3) is 2.10. The van der Waals surface area contributed by atoms with Gasteiger partial charge in [-0.1, -0.05) is 12.1 Å². The predicted octanol–water partition coefficient (Wildman–Crippen LogP) is 3.32. The van der Waals surface area contributed by atoms with E-state index in [-0.39, 0.29) is 0 Å². The van der Waals surface area contributed by atoms with E-state index >= 15 is 0 Å². The van der Waals surface area contributed by atoms with Crippen molar-refractivity contribution in [1.82, 2.24) is 14.5 Å². The fraction of sp³-hybridized carbons (Fsp3) is 0.133. The van der Waals surface area contributed by atoms with Crippen molar-refractivity contribution in [2.75, 3.05) is 0 Å². The van der Waals surface area contributed by atoms with Gasteiger partial charge in [0.15, 0.2) is 4.77 Å². The molecule has 0 bridgehead atoms. The smallest absolute Gasteiger partial charge is 0.178 e. The molecule has 5 heteroatoms. The van der Waals surface area contributed by atoms with E-state index in [2.05, 4.69) is 16.0 Å². The SMILES string of the molecule is Cc1ccc(Cn2c(=S)[nH]c3c(C#N)cccc32)cn1. The van der Waals surface area contributed by atoms with E-state index in [0.29, 0.717) is 16.9 Å². The molecular weight excluding hydrogens is 268 g/mol. The Morgan fingerprint density at radius 2 is 2.20 bits per heavy atom. The first-order chi connectivity index (χ1) is 9.69. The number of benzene rings is 1. The Balaban J connectivity index is 2.13. The minimum Gasteiger partial charge on any atom is -0.329 e. The van der Waals surface area contributed by atoms with Crippen molar-refractivity contribution < 1.29 is 0 Å². The van der Waals surface area contributed by atoms with Crippen molar-refractivity contribution in [2.45, 2.75) is 13.5 Å². The molecule has 20 heavy (non-hydrogen) atoms. The molecule has 0 fully saturated rings. The first-order valence-corrected chi connectivity index (χ1v) is 6.63. The molecule has 3 rings (SSSR count). The summed E-state index contributed by atoms with van der Waals surface area (Å²) in [6.45, 7) is 2.60. The quantitative estimate of drug-likeness (QED) is 0.733. The summed E-state index contributed by atoms with van der Waals surface area (Å²) < 4.78 is 2.60. The Morgan fingerprint density at radius 3 is 2.90 bits per heavy atom. The largest absolute Gasteiger partial charge is 0.329 e. The van der Waals surface area contributed by atoms with Crippen LogP contribution in [-0.4, -0.2) is 14.5 Å². The summed E-state index contributed by atoms with van der Waals surface area (Å²) in [4.78, 5) is 7.41. The molecule has 3 aromatic rings. The van der Waals surface area contributed by atoms with Crippen molar-refractivity contribution in [3.05, 3.63) is 58.1 Å². The summed E-state index contributed by atoms with van der Waals surface area (Å²) in [5, 5.41) is 9.13. The van der Waals surface area contributed by atoms with Gasteiger partial charge in [0.05, 0.1) is 23.1 Å². The molecule has 2 aromatic heterocycles. The summed E-state index contributed by atoms with van der Waals surface area (Å²) in [6, 6.07) is 11.8. The molecular formula is C15H12N4S. The van der Waals surface area contributed by atoms with Crippen LogP contribution in [0.5, 0.6) is 0 Å². The third-order valence-corrected chi connectivity index (χ3v) is 3.57. The molecule has 98 valence electrons. The van der Waals surface area contributed by atoms with Gasteiger partial charge in [-0.05, 0) is 42.9 Å². The number of hydrogen-bond donors (Lipinski definition) is 1. The highest BCUT2D eigenvalue weighted by Gasteiger charge is 2.08. The van der Waals surface area contributed by atoms with Gasteiger partial charge in [-0.25, -0.2) is 0 Å². The van der Waals surface area contributed by atoms with Crippen molar-refractivity contribution in [1.29, 1.82) is 5.26 Å². The molecule has 0 radical (unpaired) electrons. The Bertz CT molecular complexity index is 866. The second-order valence-corrected chi connectivity index (χ2v) is 5.02. The van der Waals surface area contributed by atoms with Gasteiger partial charge in [0, 0.05) is 11.9 Å². The van der Waals surface area contributed by atoms with E-state index in [1.807, 2.05) is 42.0 Å². The van der Waals surface area contributed by atoms with Crippen LogP contribution in [-0.2, 0) is 6.54 Å². The van der Waals surface area contributed by atoms with E-state index in [1.54, 1.807) is 6.07 Å². The molecule has 0 saturated carbocycles. The van der Waals surface area contributed by atoms with Crippen molar-refractivity contribution in [3.8, 4) is 6.07 Å². The van der Waals surface area contributed by atoms with Gasteiger partial charge in [-0.3, -0.25) is 4.98 Å². The molecule has 0 spiro atoms. The minimum absolute atomic E-state index is 0.606. The van der Waals surface area contributed by atoms with Gasteiger partial charge in [-0.15, -0.1) is 0 Å². The van der Waals surface area contributed by atoms with E-state index in [0.717, 1.165) is 22.3 Å². The second-order valence-electron chi connectivity index (χ2n) is 4.64. The highest BCUT2D eigenvalue weighted by Crippen LogP contribution is 2.19. The molecule has 0 unspecified atom stereocenters. The standard InChI is InChI=1S/C15H12N4S/c1-10-5-6-11(8-17-10)9-19-13-4-2-3-12(7-16)14(13)18-15(19)20/h2-6,8H,9H2,1H3,(H,18,20). The normalized spacial score (nSPS) is 10.6. The average Bonchev–Trinajstić information content (AvgIpc) is 2.77. The number of nitriles is 1. The van der Waals surface area contributed by atoms with E-state index < -0.39 is 0 Å². The van der Waals surface area contributed by atoms with Crippen LogP contribution in [0.3, 0.4) is 0 Å². The summed E-state index contributed by atoms with van der Waals surface area (Å²) in [5.41, 5.74) is 4.40. The van der Waals surface area contributed by atoms with Crippen LogP contribution in [0.1, 0.15) is 16.8 Å². The number of imidazole rings is 1. The predicted molar refractivity (Wildman–Crippen MR) is 79.9 cm³/mol. The third-order valence-electron chi connectivity index (χ3n) is 3.24. The number of aryl methyl sites for hydroxylation is 1. The number of aromatic amines is 1. The van der Waals surface area contributed by atoms with E-state index in [1.165, 1.54) is 0 Å². The lowest BCUT2D eigenvalue weighted by atomic mass is 10.2. The Labute approximate surface area is 121 Å². The monoisotopic (exact) mass is 280 g/mol. The number of rotatable bonds is 2. The number of nitrogens with one attached hydrogen (secondary N) is 1. The summed E-state index contributed by atoms with van der Waals surface area (Å²) >= 11 is 5.36. The lowest BCUT2D eigenvalue weighted by Gasteiger charge is -2.05. The maximum atomic E-state index is 9.13. The van der Waals surface area contributed by atoms with Crippen LogP contribution in [0, 0.1) is 23.0 Å². The average molecular weight is 280 g/mol.